The Kier molecular flexibility index (Phi) is 5.09. The third kappa shape index (κ3) is 4.41. The van der Waals surface area contributed by atoms with Gasteiger partial charge in [-0.25, -0.2) is 0 Å². The highest BCUT2D eigenvalue weighted by Crippen LogP contribution is 2.27. The first kappa shape index (κ1) is 16.2. The van der Waals surface area contributed by atoms with Crippen LogP contribution in [0.1, 0.15) is 11.1 Å². The first-order valence-corrected chi connectivity index (χ1v) is 6.83. The molecule has 0 radical (unpaired) electrons. The van der Waals surface area contributed by atoms with Gasteiger partial charge in [-0.05, 0) is 41.5 Å². The van der Waals surface area contributed by atoms with E-state index in [4.69, 9.17) is 4.74 Å². The fraction of sp³-hybridized carbons (Fsp3) is 0.118. The van der Waals surface area contributed by atoms with E-state index < -0.39 is 0 Å². The molecule has 0 heterocycles. The second-order valence-electron chi connectivity index (χ2n) is 4.81. The van der Waals surface area contributed by atoms with E-state index in [1.165, 1.54) is 31.4 Å². The Morgan fingerprint density at radius 3 is 2.52 bits per heavy atom. The maximum absolute atomic E-state index is 11.8. The summed E-state index contributed by atoms with van der Waals surface area (Å²) in [5.41, 5.74) is 1.37. The van der Waals surface area contributed by atoms with Gasteiger partial charge in [-0.1, -0.05) is 12.1 Å². The minimum atomic E-state index is -0.315. The van der Waals surface area contributed by atoms with Gasteiger partial charge in [0.25, 0.3) is 0 Å². The van der Waals surface area contributed by atoms with Gasteiger partial charge in [-0.2, -0.15) is 0 Å². The van der Waals surface area contributed by atoms with Crippen molar-refractivity contribution in [1.82, 2.24) is 5.32 Å². The molecule has 1 amide bonds. The molecule has 0 aliphatic carbocycles. The highest BCUT2D eigenvalue weighted by Gasteiger charge is 2.03. The van der Waals surface area contributed by atoms with Gasteiger partial charge in [-0.3, -0.25) is 4.79 Å². The van der Waals surface area contributed by atoms with Gasteiger partial charge in [0.1, 0.15) is 0 Å². The van der Waals surface area contributed by atoms with Crippen molar-refractivity contribution in [3.05, 3.63) is 53.6 Å². The Morgan fingerprint density at radius 2 is 1.83 bits per heavy atom. The number of ether oxygens (including phenoxy) is 1. The largest absolute Gasteiger partial charge is 0.504 e. The van der Waals surface area contributed by atoms with E-state index in [-0.39, 0.29) is 29.7 Å². The third-order valence-electron chi connectivity index (χ3n) is 3.14. The molecule has 2 aromatic carbocycles. The van der Waals surface area contributed by atoms with Crippen molar-refractivity contribution in [1.29, 1.82) is 0 Å². The van der Waals surface area contributed by atoms with Gasteiger partial charge >= 0.3 is 0 Å². The van der Waals surface area contributed by atoms with Gasteiger partial charge in [0.2, 0.25) is 5.91 Å². The van der Waals surface area contributed by atoms with Gasteiger partial charge < -0.3 is 25.4 Å². The minimum absolute atomic E-state index is 0.0289. The van der Waals surface area contributed by atoms with Crippen LogP contribution >= 0.6 is 0 Å². The van der Waals surface area contributed by atoms with E-state index >= 15 is 0 Å². The lowest BCUT2D eigenvalue weighted by Crippen LogP contribution is -2.20. The van der Waals surface area contributed by atoms with Crippen LogP contribution < -0.4 is 10.1 Å². The highest BCUT2D eigenvalue weighted by atomic mass is 16.5. The average Bonchev–Trinajstić information content (AvgIpc) is 2.55. The summed E-state index contributed by atoms with van der Waals surface area (Å²) in [6, 6.07) is 9.08. The lowest BCUT2D eigenvalue weighted by Gasteiger charge is -2.05. The molecule has 0 bridgehead atoms. The number of hydrogen-bond acceptors (Lipinski definition) is 5. The molecule has 0 spiro atoms. The quantitative estimate of drug-likeness (QED) is 0.500. The van der Waals surface area contributed by atoms with Crippen molar-refractivity contribution in [2.45, 2.75) is 6.54 Å². The summed E-state index contributed by atoms with van der Waals surface area (Å²) in [6.07, 6.45) is 2.94. The van der Waals surface area contributed by atoms with Crippen LogP contribution in [0, 0.1) is 0 Å². The second-order valence-corrected chi connectivity index (χ2v) is 4.81. The Labute approximate surface area is 133 Å². The zero-order valence-corrected chi connectivity index (χ0v) is 12.5. The number of nitrogens with one attached hydrogen (secondary N) is 1. The van der Waals surface area contributed by atoms with E-state index in [2.05, 4.69) is 5.32 Å². The normalized spacial score (nSPS) is 10.7. The van der Waals surface area contributed by atoms with Crippen LogP contribution in [0.25, 0.3) is 6.08 Å². The summed E-state index contributed by atoms with van der Waals surface area (Å²) in [5, 5.41) is 30.8. The lowest BCUT2D eigenvalue weighted by atomic mass is 10.2. The molecule has 6 heteroatoms. The number of benzene rings is 2. The van der Waals surface area contributed by atoms with Crippen molar-refractivity contribution in [3.8, 4) is 23.0 Å². The molecule has 2 aromatic rings. The maximum Gasteiger partial charge on any atom is 0.244 e. The Balaban J connectivity index is 1.95. The van der Waals surface area contributed by atoms with Crippen LogP contribution in [0.15, 0.2) is 42.5 Å². The predicted octanol–water partition coefficient (Wildman–Crippen LogP) is 2.14. The number of phenols is 3. The number of hydrogen-bond donors (Lipinski definition) is 4. The van der Waals surface area contributed by atoms with Crippen LogP contribution in [-0.4, -0.2) is 28.3 Å². The second kappa shape index (κ2) is 7.22. The molecule has 0 aromatic heterocycles. The van der Waals surface area contributed by atoms with Crippen LogP contribution in [0.5, 0.6) is 23.0 Å². The van der Waals surface area contributed by atoms with Crippen molar-refractivity contribution < 1.29 is 24.9 Å². The van der Waals surface area contributed by atoms with E-state index in [0.29, 0.717) is 16.9 Å². The number of aromatic hydroxyl groups is 3. The van der Waals surface area contributed by atoms with Gasteiger partial charge in [-0.15, -0.1) is 0 Å². The summed E-state index contributed by atoms with van der Waals surface area (Å²) >= 11 is 0. The van der Waals surface area contributed by atoms with Gasteiger partial charge in [0.15, 0.2) is 23.0 Å². The lowest BCUT2D eigenvalue weighted by molar-refractivity contribution is -0.116. The number of rotatable bonds is 5. The van der Waals surface area contributed by atoms with Gasteiger partial charge in [0.05, 0.1) is 7.11 Å². The molecule has 0 saturated carbocycles. The van der Waals surface area contributed by atoms with Crippen molar-refractivity contribution in [2.24, 2.45) is 0 Å². The van der Waals surface area contributed by atoms with E-state index in [0.717, 1.165) is 0 Å². The van der Waals surface area contributed by atoms with E-state index in [9.17, 15) is 20.1 Å². The Bertz CT molecular complexity index is 740. The molecule has 0 aliphatic heterocycles. The van der Waals surface area contributed by atoms with E-state index in [1.54, 1.807) is 24.3 Å². The highest BCUT2D eigenvalue weighted by molar-refractivity contribution is 5.91. The maximum atomic E-state index is 11.8. The summed E-state index contributed by atoms with van der Waals surface area (Å²) in [4.78, 5) is 11.8. The molecule has 6 nitrogen and oxygen atoms in total. The molecule has 0 atom stereocenters. The molecular weight excluding hydrogens is 298 g/mol. The van der Waals surface area contributed by atoms with Crippen molar-refractivity contribution in [3.63, 3.8) is 0 Å². The summed E-state index contributed by atoms with van der Waals surface area (Å²) in [7, 11) is 1.45. The summed E-state index contributed by atoms with van der Waals surface area (Å²) in [6.45, 7) is 0.218. The van der Waals surface area contributed by atoms with Crippen molar-refractivity contribution in [2.75, 3.05) is 7.11 Å². The SMILES string of the molecule is COc1cc(C=CC(=O)NCc2ccc(O)c(O)c2)ccc1O. The smallest absolute Gasteiger partial charge is 0.244 e. The fourth-order valence-corrected chi connectivity index (χ4v) is 1.90. The Morgan fingerprint density at radius 1 is 1.09 bits per heavy atom. The molecule has 0 aliphatic rings. The first-order valence-electron chi connectivity index (χ1n) is 6.83. The molecular formula is C17H17NO5. The first-order chi connectivity index (χ1) is 11.0. The van der Waals surface area contributed by atoms with Crippen molar-refractivity contribution >= 4 is 12.0 Å². The summed E-state index contributed by atoms with van der Waals surface area (Å²) in [5.74, 6) is -0.400. The molecule has 0 saturated heterocycles. The number of carbonyl (C=O) groups is 1. The number of methoxy groups -OCH3 is 1. The number of carbonyl (C=O) groups excluding carboxylic acids is 1. The standard InChI is InChI=1S/C17H17NO5/c1-23-16-9-11(2-6-14(16)20)4-7-17(22)18-10-12-3-5-13(19)15(21)8-12/h2-9,19-21H,10H2,1H3,(H,18,22). The topological polar surface area (TPSA) is 99.0 Å². The van der Waals surface area contributed by atoms with Crippen LogP contribution in [-0.2, 0) is 11.3 Å². The number of phenolic OH excluding ortho intramolecular Hbond substituents is 3. The minimum Gasteiger partial charge on any atom is -0.504 e. The van der Waals surface area contributed by atoms with E-state index in [1.807, 2.05) is 0 Å². The van der Waals surface area contributed by atoms with Crippen LogP contribution in [0.2, 0.25) is 0 Å². The van der Waals surface area contributed by atoms with Gasteiger partial charge in [0, 0.05) is 12.6 Å². The molecule has 2 rings (SSSR count). The van der Waals surface area contributed by atoms with Crippen LogP contribution in [0.4, 0.5) is 0 Å². The zero-order valence-electron chi connectivity index (χ0n) is 12.5. The molecule has 4 N–H and O–H groups in total. The monoisotopic (exact) mass is 315 g/mol. The Hall–Kier alpha value is -3.15. The summed E-state index contributed by atoms with van der Waals surface area (Å²) < 4.78 is 4.99. The third-order valence-corrected chi connectivity index (χ3v) is 3.14. The number of amides is 1. The zero-order chi connectivity index (χ0) is 16.8. The van der Waals surface area contributed by atoms with Crippen LogP contribution in [0.3, 0.4) is 0 Å². The fourth-order valence-electron chi connectivity index (χ4n) is 1.90. The molecule has 23 heavy (non-hydrogen) atoms. The average molecular weight is 315 g/mol. The molecule has 120 valence electrons. The molecule has 0 unspecified atom stereocenters. The predicted molar refractivity (Wildman–Crippen MR) is 85.3 cm³/mol. The molecule has 0 fully saturated rings.